The van der Waals surface area contributed by atoms with E-state index in [2.05, 4.69) is 10.6 Å². The van der Waals surface area contributed by atoms with E-state index in [-0.39, 0.29) is 12.1 Å². The van der Waals surface area contributed by atoms with E-state index >= 15 is 0 Å². The highest BCUT2D eigenvalue weighted by molar-refractivity contribution is 5.87. The van der Waals surface area contributed by atoms with Crippen molar-refractivity contribution in [3.8, 4) is 0 Å². The third-order valence-electron chi connectivity index (χ3n) is 1.89. The minimum absolute atomic E-state index is 0.0162. The SMILES string of the molecule is O=C1NC2CC[C@@]1(O)N2. The highest BCUT2D eigenvalue weighted by Gasteiger charge is 2.50. The molecule has 4 nitrogen and oxygen atoms in total. The van der Waals surface area contributed by atoms with Gasteiger partial charge in [-0.1, -0.05) is 0 Å². The maximum atomic E-state index is 10.7. The minimum atomic E-state index is -1.23. The molecule has 9 heavy (non-hydrogen) atoms. The Bertz CT molecular complexity index is 170. The second-order valence-electron chi connectivity index (χ2n) is 2.57. The first-order chi connectivity index (χ1) is 4.21. The van der Waals surface area contributed by atoms with Crippen molar-refractivity contribution >= 4 is 5.91 Å². The van der Waals surface area contributed by atoms with Crippen LogP contribution in [0.5, 0.6) is 0 Å². The van der Waals surface area contributed by atoms with Crippen LogP contribution >= 0.6 is 0 Å². The van der Waals surface area contributed by atoms with Gasteiger partial charge in [-0.3, -0.25) is 10.1 Å². The predicted octanol–water partition coefficient (Wildman–Crippen LogP) is -1.49. The lowest BCUT2D eigenvalue weighted by Crippen LogP contribution is -2.44. The molecule has 0 aliphatic carbocycles. The molecule has 0 aromatic heterocycles. The summed E-state index contributed by atoms with van der Waals surface area (Å²) in [6, 6.07) is 0. The smallest absolute Gasteiger partial charge is 0.268 e. The van der Waals surface area contributed by atoms with Gasteiger partial charge in [0.1, 0.15) is 0 Å². The topological polar surface area (TPSA) is 61.4 Å². The Morgan fingerprint density at radius 2 is 2.56 bits per heavy atom. The van der Waals surface area contributed by atoms with Gasteiger partial charge in [0.15, 0.2) is 5.72 Å². The van der Waals surface area contributed by atoms with Crippen molar-refractivity contribution in [3.05, 3.63) is 0 Å². The van der Waals surface area contributed by atoms with Gasteiger partial charge in [-0.15, -0.1) is 0 Å². The lowest BCUT2D eigenvalue weighted by atomic mass is 10.1. The van der Waals surface area contributed by atoms with Gasteiger partial charge in [0.05, 0.1) is 6.17 Å². The fourth-order valence-corrected chi connectivity index (χ4v) is 1.35. The second-order valence-corrected chi connectivity index (χ2v) is 2.57. The average Bonchev–Trinajstić information content (AvgIpc) is 2.22. The molecule has 4 heteroatoms. The average molecular weight is 128 g/mol. The van der Waals surface area contributed by atoms with Gasteiger partial charge >= 0.3 is 0 Å². The van der Waals surface area contributed by atoms with E-state index in [0.717, 1.165) is 6.42 Å². The summed E-state index contributed by atoms with van der Waals surface area (Å²) in [6.45, 7) is 0. The van der Waals surface area contributed by atoms with Crippen LogP contribution in [-0.2, 0) is 4.79 Å². The van der Waals surface area contributed by atoms with E-state index < -0.39 is 5.72 Å². The Morgan fingerprint density at radius 1 is 1.78 bits per heavy atom. The van der Waals surface area contributed by atoms with E-state index in [1.807, 2.05) is 0 Å². The number of amides is 1. The number of aliphatic hydroxyl groups is 1. The fraction of sp³-hybridized carbons (Fsp3) is 0.800. The highest BCUT2D eigenvalue weighted by atomic mass is 16.3. The molecule has 0 aromatic rings. The number of carbonyl (C=O) groups is 1. The van der Waals surface area contributed by atoms with Crippen LogP contribution in [0, 0.1) is 0 Å². The summed E-state index contributed by atoms with van der Waals surface area (Å²) in [5, 5.41) is 14.6. The summed E-state index contributed by atoms with van der Waals surface area (Å²) in [7, 11) is 0. The van der Waals surface area contributed by atoms with Crippen molar-refractivity contribution in [1.29, 1.82) is 0 Å². The molecular formula is C5H8N2O2. The van der Waals surface area contributed by atoms with Crippen molar-refractivity contribution in [3.63, 3.8) is 0 Å². The van der Waals surface area contributed by atoms with Crippen molar-refractivity contribution < 1.29 is 9.90 Å². The van der Waals surface area contributed by atoms with Gasteiger partial charge in [-0.2, -0.15) is 0 Å². The first-order valence-electron chi connectivity index (χ1n) is 3.02. The molecule has 2 aliphatic rings. The van der Waals surface area contributed by atoms with Crippen LogP contribution in [0.2, 0.25) is 0 Å². The molecule has 1 unspecified atom stereocenters. The lowest BCUT2D eigenvalue weighted by Gasteiger charge is -2.14. The molecule has 0 spiro atoms. The Morgan fingerprint density at radius 3 is 2.78 bits per heavy atom. The van der Waals surface area contributed by atoms with E-state index in [1.54, 1.807) is 0 Å². The van der Waals surface area contributed by atoms with Crippen molar-refractivity contribution in [2.75, 3.05) is 0 Å². The van der Waals surface area contributed by atoms with E-state index in [9.17, 15) is 9.90 Å². The zero-order valence-corrected chi connectivity index (χ0v) is 4.85. The van der Waals surface area contributed by atoms with Crippen LogP contribution in [0.4, 0.5) is 0 Å². The number of nitrogens with one attached hydrogen (secondary N) is 2. The van der Waals surface area contributed by atoms with Crippen LogP contribution in [0.1, 0.15) is 12.8 Å². The number of hydrogen-bond acceptors (Lipinski definition) is 3. The maximum absolute atomic E-state index is 10.7. The molecule has 0 radical (unpaired) electrons. The third kappa shape index (κ3) is 0.516. The summed E-state index contributed by atoms with van der Waals surface area (Å²) in [4.78, 5) is 10.7. The van der Waals surface area contributed by atoms with Crippen molar-refractivity contribution in [2.45, 2.75) is 24.7 Å². The molecule has 2 atom stereocenters. The molecule has 2 aliphatic heterocycles. The largest absolute Gasteiger partial charge is 0.367 e. The van der Waals surface area contributed by atoms with E-state index in [1.165, 1.54) is 0 Å². The molecule has 2 rings (SSSR count). The van der Waals surface area contributed by atoms with Gasteiger partial charge in [0.25, 0.3) is 5.91 Å². The highest BCUT2D eigenvalue weighted by Crippen LogP contribution is 2.25. The molecule has 50 valence electrons. The lowest BCUT2D eigenvalue weighted by molar-refractivity contribution is -0.137. The number of rotatable bonds is 0. The molecule has 2 heterocycles. The van der Waals surface area contributed by atoms with Crippen molar-refractivity contribution in [2.24, 2.45) is 0 Å². The Kier molecular flexibility index (Phi) is 0.736. The van der Waals surface area contributed by atoms with Crippen LogP contribution < -0.4 is 10.6 Å². The monoisotopic (exact) mass is 128 g/mol. The van der Waals surface area contributed by atoms with Gasteiger partial charge in [0.2, 0.25) is 0 Å². The maximum Gasteiger partial charge on any atom is 0.268 e. The molecule has 3 N–H and O–H groups in total. The van der Waals surface area contributed by atoms with Gasteiger partial charge in [0, 0.05) is 6.42 Å². The van der Waals surface area contributed by atoms with E-state index in [0.29, 0.717) is 6.42 Å². The zero-order chi connectivity index (χ0) is 6.48. The Balaban J connectivity index is 2.32. The van der Waals surface area contributed by atoms with Crippen molar-refractivity contribution in [1.82, 2.24) is 10.6 Å². The summed E-state index contributed by atoms with van der Waals surface area (Å²) in [5.74, 6) is -0.279. The van der Waals surface area contributed by atoms with Crippen LogP contribution in [-0.4, -0.2) is 22.9 Å². The normalized spacial score (nSPS) is 47.7. The quantitative estimate of drug-likeness (QED) is 0.372. The zero-order valence-electron chi connectivity index (χ0n) is 4.85. The number of fused-ring (bicyclic) bond motifs is 2. The molecule has 2 saturated heterocycles. The fourth-order valence-electron chi connectivity index (χ4n) is 1.35. The Labute approximate surface area is 52.2 Å². The number of carbonyl (C=O) groups excluding carboxylic acids is 1. The van der Waals surface area contributed by atoms with Crippen LogP contribution in [0.3, 0.4) is 0 Å². The predicted molar refractivity (Wildman–Crippen MR) is 29.3 cm³/mol. The summed E-state index contributed by atoms with van der Waals surface area (Å²) in [5.41, 5.74) is -1.23. The van der Waals surface area contributed by atoms with Crippen LogP contribution in [0.15, 0.2) is 0 Å². The van der Waals surface area contributed by atoms with Crippen LogP contribution in [0.25, 0.3) is 0 Å². The molecule has 1 amide bonds. The molecule has 0 saturated carbocycles. The van der Waals surface area contributed by atoms with Gasteiger partial charge in [-0.25, -0.2) is 0 Å². The standard InChI is InChI=1S/C5H8N2O2/c8-4-5(9)2-1-3(6-4)7-5/h3,7,9H,1-2H2,(H,6,8)/t3?,5-/m0/s1. The molecular weight excluding hydrogens is 120 g/mol. The Hall–Kier alpha value is -0.610. The molecule has 0 aromatic carbocycles. The number of piperidine rings is 1. The van der Waals surface area contributed by atoms with Gasteiger partial charge in [-0.05, 0) is 6.42 Å². The first kappa shape index (κ1) is 5.20. The summed E-state index contributed by atoms with van der Waals surface area (Å²) in [6.07, 6.45) is 1.40. The first-order valence-corrected chi connectivity index (χ1v) is 3.02. The van der Waals surface area contributed by atoms with Gasteiger partial charge < -0.3 is 10.4 Å². The summed E-state index contributed by atoms with van der Waals surface area (Å²) >= 11 is 0. The second kappa shape index (κ2) is 1.27. The number of hydrogen-bond donors (Lipinski definition) is 3. The minimum Gasteiger partial charge on any atom is -0.367 e. The molecule has 2 bridgehead atoms. The van der Waals surface area contributed by atoms with E-state index in [4.69, 9.17) is 0 Å². The molecule has 2 fully saturated rings. The third-order valence-corrected chi connectivity index (χ3v) is 1.89. The summed E-state index contributed by atoms with van der Waals surface area (Å²) < 4.78 is 0.